The lowest BCUT2D eigenvalue weighted by molar-refractivity contribution is -0.117. The third-order valence-corrected chi connectivity index (χ3v) is 5.09. The fourth-order valence-electron chi connectivity index (χ4n) is 2.93. The minimum absolute atomic E-state index is 0.114. The van der Waals surface area contributed by atoms with Gasteiger partial charge in [0.15, 0.2) is 0 Å². The molecule has 23 heavy (non-hydrogen) atoms. The summed E-state index contributed by atoms with van der Waals surface area (Å²) in [5, 5.41) is 0. The van der Waals surface area contributed by atoms with Crippen molar-refractivity contribution in [2.75, 3.05) is 25.2 Å². The largest absolute Gasteiger partial charge is 0.494 e. The average Bonchev–Trinajstić information content (AvgIpc) is 2.89. The van der Waals surface area contributed by atoms with Gasteiger partial charge in [0.25, 0.3) is 0 Å². The van der Waals surface area contributed by atoms with E-state index in [1.165, 1.54) is 0 Å². The maximum Gasteiger partial charge on any atom is 0.494 e. The second kappa shape index (κ2) is 5.62. The Hall–Kier alpha value is -1.37. The summed E-state index contributed by atoms with van der Waals surface area (Å²) in [7, 11) is 1.23. The van der Waals surface area contributed by atoms with Gasteiger partial charge >= 0.3 is 7.12 Å². The van der Waals surface area contributed by atoms with E-state index < -0.39 is 7.12 Å². The Bertz CT molecular complexity index is 613. The molecule has 6 heteroatoms. The predicted octanol–water partition coefficient (Wildman–Crippen LogP) is 1.52. The molecular weight excluding hydrogens is 293 g/mol. The molecule has 5 nitrogen and oxygen atoms in total. The third-order valence-electron chi connectivity index (χ3n) is 5.09. The highest BCUT2D eigenvalue weighted by molar-refractivity contribution is 6.62. The lowest BCUT2D eigenvalue weighted by Gasteiger charge is -2.32. The molecule has 3 rings (SSSR count). The Morgan fingerprint density at radius 2 is 1.87 bits per heavy atom. The van der Waals surface area contributed by atoms with Gasteiger partial charge in [-0.15, -0.1) is 0 Å². The van der Waals surface area contributed by atoms with E-state index in [0.717, 1.165) is 16.7 Å². The molecule has 1 saturated heterocycles. The number of carbonyl (C=O) groups is 1. The predicted molar refractivity (Wildman–Crippen MR) is 90.1 cm³/mol. The number of benzene rings is 1. The maximum atomic E-state index is 12.2. The molecule has 0 bridgehead atoms. The van der Waals surface area contributed by atoms with Crippen LogP contribution in [0, 0.1) is 0 Å². The highest BCUT2D eigenvalue weighted by atomic mass is 16.7. The Labute approximate surface area is 138 Å². The van der Waals surface area contributed by atoms with E-state index in [9.17, 15) is 4.79 Å². The van der Waals surface area contributed by atoms with Crippen LogP contribution in [0.15, 0.2) is 18.2 Å². The lowest BCUT2D eigenvalue weighted by Crippen LogP contribution is -2.41. The van der Waals surface area contributed by atoms with Crippen molar-refractivity contribution < 1.29 is 18.8 Å². The Balaban J connectivity index is 1.87. The molecule has 1 amide bonds. The molecule has 0 atom stereocenters. The van der Waals surface area contributed by atoms with Gasteiger partial charge in [0, 0.05) is 19.3 Å². The summed E-state index contributed by atoms with van der Waals surface area (Å²) in [5.74, 6) is 0.114. The summed E-state index contributed by atoms with van der Waals surface area (Å²) >= 11 is 0. The van der Waals surface area contributed by atoms with Gasteiger partial charge in [0.2, 0.25) is 5.91 Å². The van der Waals surface area contributed by atoms with Crippen LogP contribution in [0.5, 0.6) is 0 Å². The monoisotopic (exact) mass is 317 g/mol. The van der Waals surface area contributed by atoms with Crippen molar-refractivity contribution in [3.8, 4) is 0 Å². The lowest BCUT2D eigenvalue weighted by atomic mass is 9.78. The number of fused-ring (bicyclic) bond motifs is 1. The van der Waals surface area contributed by atoms with Crippen LogP contribution < -0.4 is 10.4 Å². The standard InChI is InChI=1S/C17H24BNO4/c1-16(2)17(3,4)23-18(22-16)13-7-6-12-10-15(20)19(8-9-21-5)14(12)11-13/h6-7,11H,8-10H2,1-5H3. The highest BCUT2D eigenvalue weighted by Gasteiger charge is 2.51. The van der Waals surface area contributed by atoms with Crippen LogP contribution in [0.4, 0.5) is 5.69 Å². The molecule has 1 aromatic carbocycles. The number of methoxy groups -OCH3 is 1. The van der Waals surface area contributed by atoms with Crippen LogP contribution in [0.3, 0.4) is 0 Å². The highest BCUT2D eigenvalue weighted by Crippen LogP contribution is 2.37. The SMILES string of the molecule is COCCN1C(=O)Cc2ccc(B3OC(C)(C)C(C)(C)O3)cc21. The fraction of sp³-hybridized carbons (Fsp3) is 0.588. The summed E-state index contributed by atoms with van der Waals surface area (Å²) < 4.78 is 17.3. The number of anilines is 1. The number of ether oxygens (including phenoxy) is 1. The van der Waals surface area contributed by atoms with E-state index in [4.69, 9.17) is 14.0 Å². The molecule has 0 aromatic heterocycles. The molecule has 2 aliphatic heterocycles. The van der Waals surface area contributed by atoms with E-state index in [0.29, 0.717) is 19.6 Å². The van der Waals surface area contributed by atoms with Crippen molar-refractivity contribution in [2.24, 2.45) is 0 Å². The van der Waals surface area contributed by atoms with Gasteiger partial charge in [0.1, 0.15) is 0 Å². The van der Waals surface area contributed by atoms with E-state index >= 15 is 0 Å². The Morgan fingerprint density at radius 1 is 1.22 bits per heavy atom. The van der Waals surface area contributed by atoms with Gasteiger partial charge < -0.3 is 18.9 Å². The molecule has 0 unspecified atom stereocenters. The quantitative estimate of drug-likeness (QED) is 0.790. The molecule has 2 heterocycles. The van der Waals surface area contributed by atoms with Crippen molar-refractivity contribution >= 4 is 24.2 Å². The van der Waals surface area contributed by atoms with Crippen molar-refractivity contribution in [1.82, 2.24) is 0 Å². The molecule has 0 spiro atoms. The summed E-state index contributed by atoms with van der Waals surface area (Å²) in [5.41, 5.74) is 2.19. The zero-order chi connectivity index (χ0) is 16.8. The van der Waals surface area contributed by atoms with E-state index in [2.05, 4.69) is 0 Å². The van der Waals surface area contributed by atoms with Gasteiger partial charge in [-0.25, -0.2) is 0 Å². The van der Waals surface area contributed by atoms with Crippen molar-refractivity contribution in [3.05, 3.63) is 23.8 Å². The first kappa shape index (κ1) is 16.5. The van der Waals surface area contributed by atoms with Crippen LogP contribution in [-0.4, -0.2) is 44.5 Å². The first-order valence-corrected chi connectivity index (χ1v) is 8.03. The molecular formula is C17H24BNO4. The van der Waals surface area contributed by atoms with E-state index in [1.807, 2.05) is 45.9 Å². The van der Waals surface area contributed by atoms with Crippen LogP contribution in [-0.2, 0) is 25.3 Å². The van der Waals surface area contributed by atoms with Gasteiger partial charge in [-0.1, -0.05) is 12.1 Å². The minimum Gasteiger partial charge on any atom is -0.399 e. The topological polar surface area (TPSA) is 48.0 Å². The maximum absolute atomic E-state index is 12.2. The zero-order valence-electron chi connectivity index (χ0n) is 14.5. The first-order valence-electron chi connectivity index (χ1n) is 8.03. The van der Waals surface area contributed by atoms with Crippen LogP contribution >= 0.6 is 0 Å². The smallest absolute Gasteiger partial charge is 0.399 e. The van der Waals surface area contributed by atoms with Crippen molar-refractivity contribution in [1.29, 1.82) is 0 Å². The van der Waals surface area contributed by atoms with E-state index in [-0.39, 0.29) is 17.1 Å². The average molecular weight is 317 g/mol. The van der Waals surface area contributed by atoms with Crippen LogP contribution in [0.2, 0.25) is 0 Å². The van der Waals surface area contributed by atoms with Crippen LogP contribution in [0.1, 0.15) is 33.3 Å². The van der Waals surface area contributed by atoms with Gasteiger partial charge in [-0.05, 0) is 44.8 Å². The molecule has 0 radical (unpaired) electrons. The number of hydrogen-bond acceptors (Lipinski definition) is 4. The molecule has 1 fully saturated rings. The second-order valence-corrected chi connectivity index (χ2v) is 7.19. The van der Waals surface area contributed by atoms with Crippen LogP contribution in [0.25, 0.3) is 0 Å². The number of nitrogens with zero attached hydrogens (tertiary/aromatic N) is 1. The normalized spacial score (nSPS) is 21.9. The van der Waals surface area contributed by atoms with Gasteiger partial charge in [-0.3, -0.25) is 4.79 Å². The molecule has 124 valence electrons. The number of hydrogen-bond donors (Lipinski definition) is 0. The summed E-state index contributed by atoms with van der Waals surface area (Å²) in [6, 6.07) is 6.01. The van der Waals surface area contributed by atoms with E-state index in [1.54, 1.807) is 12.0 Å². The summed E-state index contributed by atoms with van der Waals surface area (Å²) in [4.78, 5) is 14.0. The van der Waals surface area contributed by atoms with Crippen molar-refractivity contribution in [3.63, 3.8) is 0 Å². The Kier molecular flexibility index (Phi) is 4.03. The minimum atomic E-state index is -0.412. The molecule has 0 saturated carbocycles. The van der Waals surface area contributed by atoms with Crippen molar-refractivity contribution in [2.45, 2.75) is 45.3 Å². The summed E-state index contributed by atoms with van der Waals surface area (Å²) in [6.45, 7) is 9.23. The number of carbonyl (C=O) groups excluding carboxylic acids is 1. The molecule has 0 aliphatic carbocycles. The zero-order valence-corrected chi connectivity index (χ0v) is 14.5. The van der Waals surface area contributed by atoms with Gasteiger partial charge in [0.05, 0.1) is 24.2 Å². The summed E-state index contributed by atoms with van der Waals surface area (Å²) in [6.07, 6.45) is 0.447. The first-order chi connectivity index (χ1) is 10.7. The molecule has 1 aromatic rings. The fourth-order valence-corrected chi connectivity index (χ4v) is 2.93. The Morgan fingerprint density at radius 3 is 2.48 bits per heavy atom. The number of rotatable bonds is 4. The van der Waals surface area contributed by atoms with Gasteiger partial charge in [-0.2, -0.15) is 0 Å². The second-order valence-electron chi connectivity index (χ2n) is 7.19. The number of amides is 1. The third kappa shape index (κ3) is 2.79. The molecule has 0 N–H and O–H groups in total. The molecule has 2 aliphatic rings.